The number of carbonyl (C=O) groups is 4. The van der Waals surface area contributed by atoms with E-state index < -0.39 is 11.9 Å². The van der Waals surface area contributed by atoms with Crippen molar-refractivity contribution in [2.24, 2.45) is 0 Å². The number of amides is 2. The third-order valence-corrected chi connectivity index (χ3v) is 6.54. The second kappa shape index (κ2) is 13.1. The molecule has 10 nitrogen and oxygen atoms in total. The molecule has 1 aliphatic rings. The SMILES string of the molecule is CCOC(=O)c1ccc2c(c1)NC(=O)C2=C(Nc1ccc(N(C)C(=O)CN(C)C)c(C(=O)OCC)c1)c1ccccc1. The van der Waals surface area contributed by atoms with E-state index in [1.165, 1.54) is 4.90 Å². The zero-order chi connectivity index (χ0) is 30.4. The van der Waals surface area contributed by atoms with Crippen LogP contribution in [0.15, 0.2) is 66.7 Å². The number of fused-ring (bicyclic) bond motifs is 1. The average Bonchev–Trinajstić information content (AvgIpc) is 3.30. The van der Waals surface area contributed by atoms with Gasteiger partial charge < -0.3 is 29.9 Å². The van der Waals surface area contributed by atoms with Gasteiger partial charge in [-0.1, -0.05) is 36.4 Å². The molecule has 4 rings (SSSR count). The zero-order valence-corrected chi connectivity index (χ0v) is 24.3. The van der Waals surface area contributed by atoms with Gasteiger partial charge in [-0.05, 0) is 63.8 Å². The number of nitrogens with one attached hydrogen (secondary N) is 2. The number of anilines is 3. The molecule has 2 amide bonds. The summed E-state index contributed by atoms with van der Waals surface area (Å²) in [6, 6.07) is 19.2. The largest absolute Gasteiger partial charge is 0.462 e. The van der Waals surface area contributed by atoms with Crippen LogP contribution >= 0.6 is 0 Å². The van der Waals surface area contributed by atoms with E-state index in [0.29, 0.717) is 39.5 Å². The van der Waals surface area contributed by atoms with Gasteiger partial charge in [0, 0.05) is 18.3 Å². The quantitative estimate of drug-likeness (QED) is 0.270. The van der Waals surface area contributed by atoms with Crippen molar-refractivity contribution in [1.29, 1.82) is 0 Å². The maximum atomic E-state index is 13.4. The Labute approximate surface area is 244 Å². The summed E-state index contributed by atoms with van der Waals surface area (Å²) in [4.78, 5) is 54.6. The van der Waals surface area contributed by atoms with Crippen LogP contribution in [0.4, 0.5) is 17.1 Å². The number of carbonyl (C=O) groups excluding carboxylic acids is 4. The summed E-state index contributed by atoms with van der Waals surface area (Å²) in [5.41, 5.74) is 4.11. The van der Waals surface area contributed by atoms with Crippen LogP contribution in [-0.4, -0.2) is 69.6 Å². The molecular formula is C32H34N4O6. The molecular weight excluding hydrogens is 536 g/mol. The fourth-order valence-electron chi connectivity index (χ4n) is 4.58. The van der Waals surface area contributed by atoms with Gasteiger partial charge in [0.25, 0.3) is 5.91 Å². The highest BCUT2D eigenvalue weighted by Crippen LogP contribution is 2.38. The number of nitrogens with zero attached hydrogens (tertiary/aromatic N) is 2. The summed E-state index contributed by atoms with van der Waals surface area (Å²) >= 11 is 0. The van der Waals surface area contributed by atoms with Gasteiger partial charge in [0.1, 0.15) is 0 Å². The molecule has 2 N–H and O–H groups in total. The number of ether oxygens (including phenoxy) is 2. The molecule has 0 spiro atoms. The van der Waals surface area contributed by atoms with Crippen molar-refractivity contribution in [3.05, 3.63) is 89.0 Å². The Balaban J connectivity index is 1.81. The Hall–Kier alpha value is -4.96. The molecule has 0 bridgehead atoms. The third kappa shape index (κ3) is 6.50. The van der Waals surface area contributed by atoms with Crippen molar-refractivity contribution in [2.45, 2.75) is 13.8 Å². The Morgan fingerprint density at radius 1 is 0.833 bits per heavy atom. The summed E-state index contributed by atoms with van der Waals surface area (Å²) in [5.74, 6) is -1.60. The van der Waals surface area contributed by atoms with Crippen LogP contribution < -0.4 is 15.5 Å². The molecule has 42 heavy (non-hydrogen) atoms. The highest BCUT2D eigenvalue weighted by atomic mass is 16.5. The second-order valence-electron chi connectivity index (χ2n) is 9.82. The number of esters is 2. The van der Waals surface area contributed by atoms with E-state index in [1.807, 2.05) is 30.3 Å². The smallest absolute Gasteiger partial charge is 0.340 e. The number of likely N-dealkylation sites (N-methyl/N-ethyl adjacent to an activating group) is 2. The summed E-state index contributed by atoms with van der Waals surface area (Å²) in [6.07, 6.45) is 0. The van der Waals surface area contributed by atoms with Gasteiger partial charge in [0.15, 0.2) is 0 Å². The lowest BCUT2D eigenvalue weighted by Gasteiger charge is -2.23. The molecule has 3 aromatic rings. The predicted molar refractivity (Wildman–Crippen MR) is 162 cm³/mol. The number of rotatable bonds is 10. The van der Waals surface area contributed by atoms with E-state index in [-0.39, 0.29) is 37.1 Å². The topological polar surface area (TPSA) is 117 Å². The minimum absolute atomic E-state index is 0.162. The van der Waals surface area contributed by atoms with E-state index in [0.717, 1.165) is 5.56 Å². The molecule has 10 heteroatoms. The minimum atomic E-state index is -0.579. The van der Waals surface area contributed by atoms with Gasteiger partial charge in [-0.25, -0.2) is 9.59 Å². The van der Waals surface area contributed by atoms with Crippen LogP contribution in [0.5, 0.6) is 0 Å². The Kier molecular flexibility index (Phi) is 9.39. The van der Waals surface area contributed by atoms with Gasteiger partial charge in [0.05, 0.1) is 53.5 Å². The fourth-order valence-corrected chi connectivity index (χ4v) is 4.58. The molecule has 1 heterocycles. The van der Waals surface area contributed by atoms with Crippen LogP contribution in [0.25, 0.3) is 11.3 Å². The van der Waals surface area contributed by atoms with E-state index in [9.17, 15) is 19.2 Å². The van der Waals surface area contributed by atoms with Crippen LogP contribution in [-0.2, 0) is 19.1 Å². The fraction of sp³-hybridized carbons (Fsp3) is 0.250. The first-order chi connectivity index (χ1) is 20.1. The third-order valence-electron chi connectivity index (χ3n) is 6.54. The lowest BCUT2D eigenvalue weighted by atomic mass is 9.98. The molecule has 0 radical (unpaired) electrons. The molecule has 1 aliphatic heterocycles. The van der Waals surface area contributed by atoms with Crippen molar-refractivity contribution >= 4 is 52.1 Å². The molecule has 3 aromatic carbocycles. The summed E-state index contributed by atoms with van der Waals surface area (Å²) < 4.78 is 10.4. The number of benzene rings is 3. The van der Waals surface area contributed by atoms with Crippen LogP contribution in [0.1, 0.15) is 45.7 Å². The predicted octanol–water partition coefficient (Wildman–Crippen LogP) is 4.50. The van der Waals surface area contributed by atoms with Gasteiger partial charge in [-0.3, -0.25) is 9.59 Å². The maximum Gasteiger partial charge on any atom is 0.340 e. The van der Waals surface area contributed by atoms with Gasteiger partial charge in [0.2, 0.25) is 5.91 Å². The summed E-state index contributed by atoms with van der Waals surface area (Å²) in [5, 5.41) is 6.19. The Morgan fingerprint density at radius 2 is 1.52 bits per heavy atom. The Bertz CT molecular complexity index is 1550. The first-order valence-electron chi connectivity index (χ1n) is 13.6. The van der Waals surface area contributed by atoms with Crippen molar-refractivity contribution in [3.8, 4) is 0 Å². The number of hydrogen-bond acceptors (Lipinski definition) is 8. The van der Waals surface area contributed by atoms with Crippen LogP contribution in [0.3, 0.4) is 0 Å². The van der Waals surface area contributed by atoms with Crippen LogP contribution in [0.2, 0.25) is 0 Å². The normalized spacial score (nSPS) is 13.2. The van der Waals surface area contributed by atoms with Crippen molar-refractivity contribution in [1.82, 2.24) is 4.90 Å². The summed E-state index contributed by atoms with van der Waals surface area (Å²) in [7, 11) is 5.19. The van der Waals surface area contributed by atoms with Crippen molar-refractivity contribution < 1.29 is 28.7 Å². The minimum Gasteiger partial charge on any atom is -0.462 e. The van der Waals surface area contributed by atoms with Crippen LogP contribution in [0, 0.1) is 0 Å². The van der Waals surface area contributed by atoms with Gasteiger partial charge >= 0.3 is 11.9 Å². The van der Waals surface area contributed by atoms with E-state index in [4.69, 9.17) is 9.47 Å². The standard InChI is InChI=1S/C32H34N4O6/c1-6-41-31(39)21-13-15-23-25(17-21)34-30(38)28(23)29(20-11-9-8-10-12-20)33-22-14-16-26(24(18-22)32(40)42-7-2)36(5)27(37)19-35(3)4/h8-18,33H,6-7,19H2,1-5H3,(H,34,38). The van der Waals surface area contributed by atoms with E-state index >= 15 is 0 Å². The van der Waals surface area contributed by atoms with E-state index in [2.05, 4.69) is 10.6 Å². The Morgan fingerprint density at radius 3 is 2.19 bits per heavy atom. The maximum absolute atomic E-state index is 13.4. The highest BCUT2D eigenvalue weighted by molar-refractivity contribution is 6.37. The molecule has 0 saturated heterocycles. The molecule has 0 aliphatic carbocycles. The van der Waals surface area contributed by atoms with E-state index in [1.54, 1.807) is 76.3 Å². The molecule has 0 saturated carbocycles. The van der Waals surface area contributed by atoms with Crippen molar-refractivity contribution in [2.75, 3.05) is 56.4 Å². The average molecular weight is 571 g/mol. The monoisotopic (exact) mass is 570 g/mol. The lowest BCUT2D eigenvalue weighted by molar-refractivity contribution is -0.119. The first kappa shape index (κ1) is 30.0. The first-order valence-corrected chi connectivity index (χ1v) is 13.6. The second-order valence-corrected chi connectivity index (χ2v) is 9.82. The molecule has 0 unspecified atom stereocenters. The van der Waals surface area contributed by atoms with Crippen molar-refractivity contribution in [3.63, 3.8) is 0 Å². The number of hydrogen-bond donors (Lipinski definition) is 2. The molecule has 0 aromatic heterocycles. The van der Waals surface area contributed by atoms with Gasteiger partial charge in [-0.15, -0.1) is 0 Å². The molecule has 218 valence electrons. The molecule has 0 atom stereocenters. The zero-order valence-electron chi connectivity index (χ0n) is 24.3. The lowest BCUT2D eigenvalue weighted by Crippen LogP contribution is -2.36. The van der Waals surface area contributed by atoms with Gasteiger partial charge in [-0.2, -0.15) is 0 Å². The highest BCUT2D eigenvalue weighted by Gasteiger charge is 2.30. The molecule has 0 fully saturated rings. The summed E-state index contributed by atoms with van der Waals surface area (Å²) in [6.45, 7) is 4.00.